The Labute approximate surface area is 135 Å². The van der Waals surface area contributed by atoms with Gasteiger partial charge in [0.25, 0.3) is 5.91 Å². The molecule has 1 heterocycles. The zero-order chi connectivity index (χ0) is 16.2. The van der Waals surface area contributed by atoms with Crippen molar-refractivity contribution in [3.63, 3.8) is 0 Å². The lowest BCUT2D eigenvalue weighted by Crippen LogP contribution is -2.21. The number of para-hydroxylation sites is 1. The van der Waals surface area contributed by atoms with Crippen LogP contribution in [0.3, 0.4) is 0 Å². The Kier molecular flexibility index (Phi) is 4.24. The lowest BCUT2D eigenvalue weighted by Gasteiger charge is -2.11. The highest BCUT2D eigenvalue weighted by Crippen LogP contribution is 2.15. The molecule has 1 N–H and O–H groups in total. The first-order valence-electron chi connectivity index (χ1n) is 7.54. The summed E-state index contributed by atoms with van der Waals surface area (Å²) in [6, 6.07) is 19.7. The van der Waals surface area contributed by atoms with Gasteiger partial charge in [-0.1, -0.05) is 30.3 Å². The molecule has 1 amide bonds. The van der Waals surface area contributed by atoms with Gasteiger partial charge in [0.1, 0.15) is 5.82 Å². The van der Waals surface area contributed by atoms with Gasteiger partial charge >= 0.3 is 0 Å². The molecule has 0 saturated carbocycles. The van der Waals surface area contributed by atoms with Crippen LogP contribution >= 0.6 is 0 Å². The number of hydrogen-bond acceptors (Lipinski definition) is 3. The van der Waals surface area contributed by atoms with Crippen LogP contribution in [0.4, 0.5) is 5.82 Å². The van der Waals surface area contributed by atoms with Crippen LogP contribution in [0, 0.1) is 0 Å². The number of hydrogen-bond donors (Lipinski definition) is 1. The monoisotopic (exact) mass is 305 g/mol. The Morgan fingerprint density at radius 2 is 1.74 bits per heavy atom. The summed E-state index contributed by atoms with van der Waals surface area (Å²) in [5.41, 5.74) is 2.78. The van der Waals surface area contributed by atoms with Gasteiger partial charge in [-0.2, -0.15) is 0 Å². The minimum absolute atomic E-state index is 0.0145. The highest BCUT2D eigenvalue weighted by Gasteiger charge is 2.07. The van der Waals surface area contributed by atoms with E-state index in [1.165, 1.54) is 0 Å². The molecule has 3 rings (SSSR count). The summed E-state index contributed by atoms with van der Waals surface area (Å²) in [6.07, 6.45) is 0. The van der Waals surface area contributed by atoms with Crippen LogP contribution in [0.1, 0.15) is 15.9 Å². The molecule has 0 aliphatic rings. The van der Waals surface area contributed by atoms with Crippen molar-refractivity contribution < 1.29 is 4.79 Å². The molecule has 0 unspecified atom stereocenters. The summed E-state index contributed by atoms with van der Waals surface area (Å²) < 4.78 is 0. The van der Waals surface area contributed by atoms with Crippen LogP contribution in [-0.2, 0) is 6.54 Å². The third kappa shape index (κ3) is 3.48. The zero-order valence-electron chi connectivity index (χ0n) is 13.3. The Morgan fingerprint density at radius 3 is 2.48 bits per heavy atom. The Bertz CT molecular complexity index is 825. The number of fused-ring (bicyclic) bond motifs is 1. The van der Waals surface area contributed by atoms with Gasteiger partial charge < -0.3 is 10.2 Å². The first-order chi connectivity index (χ1) is 11.1. The van der Waals surface area contributed by atoms with Crippen LogP contribution in [0.5, 0.6) is 0 Å². The van der Waals surface area contributed by atoms with Gasteiger partial charge in [-0.3, -0.25) is 4.79 Å². The summed E-state index contributed by atoms with van der Waals surface area (Å²) in [4.78, 5) is 18.0. The maximum atomic E-state index is 11.9. The van der Waals surface area contributed by atoms with E-state index in [0.29, 0.717) is 12.1 Å². The second kappa shape index (κ2) is 6.48. The smallest absolute Gasteiger partial charge is 0.253 e. The van der Waals surface area contributed by atoms with Crippen molar-refractivity contribution in [3.05, 3.63) is 71.8 Å². The van der Waals surface area contributed by atoms with E-state index >= 15 is 0 Å². The molecular formula is C19H19N3O. The van der Waals surface area contributed by atoms with E-state index in [9.17, 15) is 4.79 Å². The van der Waals surface area contributed by atoms with Gasteiger partial charge in [0.15, 0.2) is 0 Å². The maximum Gasteiger partial charge on any atom is 0.253 e. The first kappa shape index (κ1) is 15.0. The number of nitrogens with one attached hydrogen (secondary N) is 1. The average Bonchev–Trinajstić information content (AvgIpc) is 2.59. The Morgan fingerprint density at radius 1 is 1.00 bits per heavy atom. The molecule has 0 atom stereocenters. The van der Waals surface area contributed by atoms with E-state index in [1.54, 1.807) is 19.0 Å². The largest absolute Gasteiger partial charge is 0.366 e. The minimum atomic E-state index is 0.0145. The van der Waals surface area contributed by atoms with E-state index in [1.807, 2.05) is 54.6 Å². The summed E-state index contributed by atoms with van der Waals surface area (Å²) in [7, 11) is 3.51. The molecule has 116 valence electrons. The van der Waals surface area contributed by atoms with Gasteiger partial charge in [-0.25, -0.2) is 4.98 Å². The standard InChI is InChI=1S/C19H19N3O/c1-22(2)19(23)16-9-7-14(8-10-16)13-20-18-12-11-15-5-3-4-6-17(15)21-18/h3-12H,13H2,1-2H3,(H,20,21). The van der Waals surface area contributed by atoms with Gasteiger partial charge in [0, 0.05) is 31.6 Å². The zero-order valence-corrected chi connectivity index (χ0v) is 13.3. The molecule has 2 aromatic carbocycles. The Balaban J connectivity index is 1.68. The number of carbonyl (C=O) groups excluding carboxylic acids is 1. The predicted octanol–water partition coefficient (Wildman–Crippen LogP) is 3.55. The lowest BCUT2D eigenvalue weighted by atomic mass is 10.1. The van der Waals surface area contributed by atoms with Crippen LogP contribution in [0.15, 0.2) is 60.7 Å². The molecule has 0 bridgehead atoms. The summed E-state index contributed by atoms with van der Waals surface area (Å²) >= 11 is 0. The molecule has 23 heavy (non-hydrogen) atoms. The SMILES string of the molecule is CN(C)C(=O)c1ccc(CNc2ccc3ccccc3n2)cc1. The highest BCUT2D eigenvalue weighted by molar-refractivity contribution is 5.93. The highest BCUT2D eigenvalue weighted by atomic mass is 16.2. The minimum Gasteiger partial charge on any atom is -0.366 e. The number of carbonyl (C=O) groups is 1. The number of aromatic nitrogens is 1. The third-order valence-electron chi connectivity index (χ3n) is 3.68. The molecule has 0 radical (unpaired) electrons. The van der Waals surface area contributed by atoms with E-state index in [0.717, 1.165) is 22.3 Å². The predicted molar refractivity (Wildman–Crippen MR) is 93.5 cm³/mol. The lowest BCUT2D eigenvalue weighted by molar-refractivity contribution is 0.0827. The van der Waals surface area contributed by atoms with Crippen molar-refractivity contribution in [1.29, 1.82) is 0 Å². The molecule has 1 aromatic heterocycles. The normalized spacial score (nSPS) is 10.5. The summed E-state index contributed by atoms with van der Waals surface area (Å²) in [6.45, 7) is 0.668. The average molecular weight is 305 g/mol. The molecule has 0 saturated heterocycles. The number of anilines is 1. The number of benzene rings is 2. The summed E-state index contributed by atoms with van der Waals surface area (Å²) in [5, 5.41) is 4.45. The van der Waals surface area contributed by atoms with Crippen molar-refractivity contribution in [1.82, 2.24) is 9.88 Å². The molecule has 0 spiro atoms. The van der Waals surface area contributed by atoms with Crippen molar-refractivity contribution in [3.8, 4) is 0 Å². The fourth-order valence-corrected chi connectivity index (χ4v) is 2.38. The van der Waals surface area contributed by atoms with Crippen molar-refractivity contribution in [2.75, 3.05) is 19.4 Å². The van der Waals surface area contributed by atoms with Crippen LogP contribution in [0.2, 0.25) is 0 Å². The van der Waals surface area contributed by atoms with Crippen molar-refractivity contribution >= 4 is 22.6 Å². The second-order valence-corrected chi connectivity index (χ2v) is 5.64. The van der Waals surface area contributed by atoms with Gasteiger partial charge in [-0.05, 0) is 35.9 Å². The van der Waals surface area contributed by atoms with Crippen LogP contribution in [-0.4, -0.2) is 29.9 Å². The van der Waals surface area contributed by atoms with Gasteiger partial charge in [0.05, 0.1) is 5.52 Å². The number of nitrogens with zero attached hydrogens (tertiary/aromatic N) is 2. The topological polar surface area (TPSA) is 45.2 Å². The Hall–Kier alpha value is -2.88. The molecule has 4 heteroatoms. The van der Waals surface area contributed by atoms with Crippen molar-refractivity contribution in [2.45, 2.75) is 6.54 Å². The fraction of sp³-hybridized carbons (Fsp3) is 0.158. The molecule has 0 fully saturated rings. The summed E-state index contributed by atoms with van der Waals surface area (Å²) in [5.74, 6) is 0.859. The third-order valence-corrected chi connectivity index (χ3v) is 3.68. The molecule has 4 nitrogen and oxygen atoms in total. The second-order valence-electron chi connectivity index (χ2n) is 5.64. The molecule has 3 aromatic rings. The van der Waals surface area contributed by atoms with Crippen LogP contribution < -0.4 is 5.32 Å². The molecular weight excluding hydrogens is 286 g/mol. The number of rotatable bonds is 4. The van der Waals surface area contributed by atoms with E-state index < -0.39 is 0 Å². The van der Waals surface area contributed by atoms with Crippen LogP contribution in [0.25, 0.3) is 10.9 Å². The van der Waals surface area contributed by atoms with Crippen molar-refractivity contribution in [2.24, 2.45) is 0 Å². The van der Waals surface area contributed by atoms with E-state index in [-0.39, 0.29) is 5.91 Å². The number of amides is 1. The van der Waals surface area contributed by atoms with Gasteiger partial charge in [-0.15, -0.1) is 0 Å². The molecule has 0 aliphatic carbocycles. The molecule has 0 aliphatic heterocycles. The van der Waals surface area contributed by atoms with E-state index in [4.69, 9.17) is 0 Å². The quantitative estimate of drug-likeness (QED) is 0.802. The maximum absolute atomic E-state index is 11.9. The first-order valence-corrected chi connectivity index (χ1v) is 7.54. The van der Waals surface area contributed by atoms with E-state index in [2.05, 4.69) is 16.4 Å². The number of pyridine rings is 1. The van der Waals surface area contributed by atoms with Gasteiger partial charge in [0.2, 0.25) is 0 Å². The fourth-order valence-electron chi connectivity index (χ4n) is 2.38.